The summed E-state index contributed by atoms with van der Waals surface area (Å²) in [7, 11) is 0. The van der Waals surface area contributed by atoms with Gasteiger partial charge in [0.2, 0.25) is 21.1 Å². The summed E-state index contributed by atoms with van der Waals surface area (Å²) in [6.45, 7) is 0. The lowest BCUT2D eigenvalue weighted by molar-refractivity contribution is 1.07. The first kappa shape index (κ1) is 90.1. The molecule has 10 aromatic heterocycles. The molecule has 22 heteroatoms. The minimum absolute atomic E-state index is 0.194. The monoisotopic (exact) mass is 2060 g/mol. The Balaban J connectivity index is 0.0000000928. The Bertz CT molecular complexity index is 10300. The van der Waals surface area contributed by atoms with Gasteiger partial charge in [0.25, 0.3) is 0 Å². The average molecular weight is 2060 g/mol. The van der Waals surface area contributed by atoms with Gasteiger partial charge < -0.3 is 0 Å². The molecule has 0 amide bonds. The van der Waals surface area contributed by atoms with E-state index in [9.17, 15) is 0 Å². The van der Waals surface area contributed by atoms with Crippen LogP contribution in [-0.2, 0) is 0 Å². The van der Waals surface area contributed by atoms with Crippen molar-refractivity contribution >= 4 is 291 Å². The van der Waals surface area contributed by atoms with E-state index < -0.39 is 0 Å². The summed E-state index contributed by atoms with van der Waals surface area (Å²) in [6, 6.07) is 144. The molecule has 0 saturated carbocycles. The van der Waals surface area contributed by atoms with Crippen LogP contribution < -0.4 is 0 Å². The van der Waals surface area contributed by atoms with Crippen LogP contribution in [0.15, 0.2) is 419 Å². The van der Waals surface area contributed by atoms with Crippen molar-refractivity contribution in [1.29, 1.82) is 0 Å². The van der Waals surface area contributed by atoms with Gasteiger partial charge in [-0.1, -0.05) is 345 Å². The molecule has 30 rings (SSSR count). The second kappa shape index (κ2) is 38.3. The molecule has 0 saturated heterocycles. The van der Waals surface area contributed by atoms with Crippen molar-refractivity contribution in [3.63, 3.8) is 0 Å². The van der Waals surface area contributed by atoms with E-state index in [-0.39, 0.29) is 21.1 Å². The Morgan fingerprint density at radius 1 is 0.164 bits per heavy atom. The third kappa shape index (κ3) is 16.7. The van der Waals surface area contributed by atoms with Crippen molar-refractivity contribution in [3.8, 4) is 90.7 Å². The molecule has 0 atom stereocenters. The van der Waals surface area contributed by atoms with E-state index in [0.717, 1.165) is 104 Å². The molecule has 0 radical (unpaired) electrons. The first-order valence-corrected chi connectivity index (χ1v) is 52.9. The molecule has 0 aliphatic heterocycles. The van der Waals surface area contributed by atoms with Gasteiger partial charge in [-0.05, 0) is 185 Å². The molecule has 0 unspecified atom stereocenters. The molecule has 0 spiro atoms. The lowest BCUT2D eigenvalue weighted by Gasteiger charge is -2.10. The molecule has 0 aliphatic carbocycles. The Morgan fingerprint density at radius 2 is 0.473 bits per heavy atom. The number of hydrogen-bond donors (Lipinski definition) is 0. The molecule has 30 aromatic rings. The Morgan fingerprint density at radius 3 is 0.938 bits per heavy atom. The SMILES string of the molecule is Clc1nc(-c2cc3ccccc3c3c2sc2ccccc23)c2ccccc2n1.Clc1nc(-c2cc3sc4ccccc4c3c3ccccc23)nc2ccccc12.Clc1nc(-c2ccccc2)cc(-c2cc3ccccc3c3c2sc2ccccc23)n1.Clc1nc(-c2ccccc2)nc(-c2cc3ccccc3c3c2sc2ccccc23)n1.Clc1nc(-c2ccccc2)nc(-c2cc3sc4ccccc4c3c3ccccc23)n1. The lowest BCUT2D eigenvalue weighted by atomic mass is 9.97. The van der Waals surface area contributed by atoms with Gasteiger partial charge in [-0.15, -0.1) is 56.7 Å². The standard InChI is InChI=1S/C26H15ClN2S.2C25H14ClN3S.2C24H13ClN2S/c27-26-28-21(16-8-2-1-3-9-16)15-22(29-26)20-14-17-10-4-5-11-18(17)24-19-12-6-7-13-23(19)30-25(20)24;26-25-28-23(15-8-2-1-3-9-15)27-24(29-25)19-14-21-22(17-11-5-4-10-16(17)19)18-12-6-7-13-20(18)30-21;26-25-28-23(15-8-2-1-3-9-15)27-24(29-25)19-14-16-10-4-5-11-17(16)21-18-12-6-7-13-20(18)30-22(19)21;25-23-16-9-3-5-11-19(16)26-24(27-23)18-13-21-22(15-8-2-1-7-14(15)18)17-10-4-6-12-20(17)28-21;25-24-26-19-11-5-3-9-16(19)22(27-24)18-13-14-7-1-2-8-15(14)21-17-10-4-6-12-20(17)28-23(18)21/h1-15H;2*1-14H;2*1-13H. The largest absolute Gasteiger partial charge is 0.228 e. The highest BCUT2D eigenvalue weighted by Crippen LogP contribution is 2.51. The Labute approximate surface area is 878 Å². The number of rotatable bonds is 8. The molecule has 0 bridgehead atoms. The minimum atomic E-state index is 0.194. The van der Waals surface area contributed by atoms with Gasteiger partial charge >= 0.3 is 0 Å². The quantitative estimate of drug-likeness (QED) is 0.105. The molecule has 10 heterocycles. The van der Waals surface area contributed by atoms with Crippen molar-refractivity contribution in [2.24, 2.45) is 0 Å². The second-order valence-electron chi connectivity index (χ2n) is 34.9. The number of para-hydroxylation sites is 2. The fourth-order valence-electron chi connectivity index (χ4n) is 19.9. The highest BCUT2D eigenvalue weighted by Gasteiger charge is 2.26. The summed E-state index contributed by atoms with van der Waals surface area (Å²) >= 11 is 40.8. The zero-order valence-electron chi connectivity index (χ0n) is 76.6. The van der Waals surface area contributed by atoms with Gasteiger partial charge in [-0.2, -0.15) is 19.9 Å². The molecule has 12 nitrogen and oxygen atoms in total. The average Bonchev–Trinajstić information content (AvgIpc) is 1.58. The lowest BCUT2D eigenvalue weighted by Crippen LogP contribution is -1.97. The highest BCUT2D eigenvalue weighted by atomic mass is 35.5. The number of hydrogen-bond acceptors (Lipinski definition) is 17. The first-order valence-electron chi connectivity index (χ1n) is 47.0. The van der Waals surface area contributed by atoms with Crippen molar-refractivity contribution in [2.45, 2.75) is 0 Å². The van der Waals surface area contributed by atoms with Crippen LogP contribution in [0.4, 0.5) is 0 Å². The number of halogens is 5. The van der Waals surface area contributed by atoms with E-state index in [0.29, 0.717) is 34.3 Å². The van der Waals surface area contributed by atoms with Gasteiger partial charge in [-0.3, -0.25) is 0 Å². The number of nitrogens with zero attached hydrogens (tertiary/aromatic N) is 12. The van der Waals surface area contributed by atoms with Crippen LogP contribution in [0, 0.1) is 0 Å². The summed E-state index contributed by atoms with van der Waals surface area (Å²) in [4.78, 5) is 54.9. The maximum Gasteiger partial charge on any atom is 0.226 e. The number of thiophene rings is 5. The van der Waals surface area contributed by atoms with Crippen molar-refractivity contribution in [2.75, 3.05) is 0 Å². The van der Waals surface area contributed by atoms with Crippen molar-refractivity contribution in [1.82, 2.24) is 59.8 Å². The van der Waals surface area contributed by atoms with Crippen LogP contribution in [0.2, 0.25) is 26.3 Å². The molecule has 0 fully saturated rings. The maximum atomic E-state index is 6.50. The van der Waals surface area contributed by atoms with Crippen LogP contribution >= 0.6 is 115 Å². The number of fused-ring (bicyclic) bond motifs is 27. The zero-order chi connectivity index (χ0) is 97.6. The summed E-state index contributed by atoms with van der Waals surface area (Å²) in [5, 5.41) is 28.0. The van der Waals surface area contributed by atoms with Gasteiger partial charge in [0, 0.05) is 156 Å². The summed E-state index contributed by atoms with van der Waals surface area (Å²) in [5.41, 5.74) is 12.3. The minimum Gasteiger partial charge on any atom is -0.228 e. The molecule has 690 valence electrons. The van der Waals surface area contributed by atoms with E-state index in [1.54, 1.807) is 45.3 Å². The topological polar surface area (TPSA) is 155 Å². The normalized spacial score (nSPS) is 11.6. The molecule has 146 heavy (non-hydrogen) atoms. The smallest absolute Gasteiger partial charge is 0.226 e. The second-order valence-corrected chi connectivity index (χ2v) is 42.0. The number of aromatic nitrogens is 12. The molecule has 0 N–H and O–H groups in total. The zero-order valence-corrected chi connectivity index (χ0v) is 84.5. The van der Waals surface area contributed by atoms with Gasteiger partial charge in [0.1, 0.15) is 5.15 Å². The third-order valence-electron chi connectivity index (χ3n) is 26.3. The van der Waals surface area contributed by atoms with Crippen LogP contribution in [0.3, 0.4) is 0 Å². The van der Waals surface area contributed by atoms with Crippen LogP contribution in [-0.4, -0.2) is 59.8 Å². The van der Waals surface area contributed by atoms with Crippen molar-refractivity contribution in [3.05, 3.63) is 445 Å². The van der Waals surface area contributed by atoms with Crippen molar-refractivity contribution < 1.29 is 0 Å². The number of benzene rings is 20. The van der Waals surface area contributed by atoms with E-state index in [1.165, 1.54) is 134 Å². The van der Waals surface area contributed by atoms with E-state index in [2.05, 4.69) is 318 Å². The van der Waals surface area contributed by atoms with E-state index >= 15 is 0 Å². The molecular weight excluding hydrogens is 2000 g/mol. The molecule has 20 aromatic carbocycles. The van der Waals surface area contributed by atoms with E-state index in [4.69, 9.17) is 73.0 Å². The van der Waals surface area contributed by atoms with Crippen LogP contribution in [0.25, 0.3) is 267 Å². The van der Waals surface area contributed by atoms with Gasteiger partial charge in [-0.25, -0.2) is 39.9 Å². The Hall–Kier alpha value is -16.0. The van der Waals surface area contributed by atoms with Crippen LogP contribution in [0.1, 0.15) is 0 Å². The van der Waals surface area contributed by atoms with E-state index in [1.807, 2.05) is 157 Å². The predicted molar refractivity (Wildman–Crippen MR) is 621 cm³/mol. The fourth-order valence-corrected chi connectivity index (χ4v) is 26.8. The van der Waals surface area contributed by atoms with Gasteiger partial charge in [0.05, 0.1) is 28.1 Å². The first-order chi connectivity index (χ1) is 71.9. The summed E-state index contributed by atoms with van der Waals surface area (Å²) in [6.07, 6.45) is 0. The Kier molecular flexibility index (Phi) is 23.6. The molecular formula is C124H69Cl5N12S5. The van der Waals surface area contributed by atoms with Gasteiger partial charge in [0.15, 0.2) is 29.1 Å². The molecule has 0 aliphatic rings. The highest BCUT2D eigenvalue weighted by molar-refractivity contribution is 7.28. The van der Waals surface area contributed by atoms with Crippen LogP contribution in [0.5, 0.6) is 0 Å². The fraction of sp³-hybridized carbons (Fsp3) is 0. The predicted octanol–water partition coefficient (Wildman–Crippen LogP) is 37.7. The summed E-state index contributed by atoms with van der Waals surface area (Å²) in [5.74, 6) is 3.00. The summed E-state index contributed by atoms with van der Waals surface area (Å²) < 4.78 is 12.4. The third-order valence-corrected chi connectivity index (χ3v) is 33.1. The maximum absolute atomic E-state index is 6.50.